The highest BCUT2D eigenvalue weighted by molar-refractivity contribution is 6.04. The Labute approximate surface area is 166 Å². The predicted octanol–water partition coefficient (Wildman–Crippen LogP) is 4.11. The minimum Gasteiger partial charge on any atom is -0.463 e. The Balaban J connectivity index is 1.59. The summed E-state index contributed by atoms with van der Waals surface area (Å²) in [5, 5.41) is 2.92. The maximum atomic E-state index is 12.6. The van der Waals surface area contributed by atoms with Crippen LogP contribution in [0.4, 0.5) is 5.69 Å². The fourth-order valence-electron chi connectivity index (χ4n) is 3.25. The zero-order valence-corrected chi connectivity index (χ0v) is 16.2. The van der Waals surface area contributed by atoms with Gasteiger partial charge in [0.1, 0.15) is 0 Å². The van der Waals surface area contributed by atoms with E-state index < -0.39 is 0 Å². The van der Waals surface area contributed by atoms with E-state index in [0.717, 1.165) is 30.8 Å². The predicted molar refractivity (Wildman–Crippen MR) is 111 cm³/mol. The first kappa shape index (κ1) is 19.8. The zero-order valence-electron chi connectivity index (χ0n) is 16.2. The van der Waals surface area contributed by atoms with Gasteiger partial charge in [-0.15, -0.1) is 0 Å². The van der Waals surface area contributed by atoms with Crippen molar-refractivity contribution in [3.05, 3.63) is 71.3 Å². The molecule has 1 heterocycles. The lowest BCUT2D eigenvalue weighted by Gasteiger charge is -2.15. The summed E-state index contributed by atoms with van der Waals surface area (Å²) >= 11 is 0. The number of esters is 1. The van der Waals surface area contributed by atoms with E-state index in [9.17, 15) is 9.59 Å². The first-order chi connectivity index (χ1) is 13.6. The number of hydrogen-bond donors (Lipinski definition) is 1. The van der Waals surface area contributed by atoms with Gasteiger partial charge in [-0.3, -0.25) is 9.69 Å². The van der Waals surface area contributed by atoms with E-state index in [4.69, 9.17) is 4.74 Å². The number of ether oxygens (including phenoxy) is 1. The highest BCUT2D eigenvalue weighted by atomic mass is 16.5. The topological polar surface area (TPSA) is 58.6 Å². The molecule has 0 bridgehead atoms. The molecule has 146 valence electrons. The summed E-state index contributed by atoms with van der Waals surface area (Å²) in [6.45, 7) is 5.28. The average Bonchev–Trinajstić information content (AvgIpc) is 3.21. The molecule has 0 aromatic heterocycles. The Morgan fingerprint density at radius 3 is 2.57 bits per heavy atom. The maximum Gasteiger partial charge on any atom is 0.330 e. The molecule has 5 heteroatoms. The summed E-state index contributed by atoms with van der Waals surface area (Å²) in [5.41, 5.74) is 3.39. The van der Waals surface area contributed by atoms with Gasteiger partial charge in [0.25, 0.3) is 5.91 Å². The number of benzene rings is 2. The van der Waals surface area contributed by atoms with Gasteiger partial charge in [-0.2, -0.15) is 0 Å². The smallest absolute Gasteiger partial charge is 0.330 e. The normalized spacial score (nSPS) is 14.3. The highest BCUT2D eigenvalue weighted by Crippen LogP contribution is 2.16. The number of rotatable bonds is 7. The van der Waals surface area contributed by atoms with E-state index in [2.05, 4.69) is 16.3 Å². The number of hydrogen-bond acceptors (Lipinski definition) is 4. The van der Waals surface area contributed by atoms with Crippen molar-refractivity contribution >= 4 is 23.6 Å². The molecule has 1 fully saturated rings. The second-order valence-electron chi connectivity index (χ2n) is 6.85. The van der Waals surface area contributed by atoms with Crippen LogP contribution in [-0.2, 0) is 16.1 Å². The van der Waals surface area contributed by atoms with Crippen molar-refractivity contribution < 1.29 is 14.3 Å². The average molecular weight is 378 g/mol. The van der Waals surface area contributed by atoms with Crippen LogP contribution >= 0.6 is 0 Å². The second-order valence-corrected chi connectivity index (χ2v) is 6.85. The van der Waals surface area contributed by atoms with Gasteiger partial charge in [0, 0.05) is 23.9 Å². The molecule has 2 aromatic carbocycles. The van der Waals surface area contributed by atoms with E-state index in [-0.39, 0.29) is 11.9 Å². The SMILES string of the molecule is CCOC(=O)/C=C/c1ccc(NC(=O)c2cccc(CN3CCCC3)c2)cc1. The van der Waals surface area contributed by atoms with Gasteiger partial charge in [-0.05, 0) is 74.3 Å². The quantitative estimate of drug-likeness (QED) is 0.582. The van der Waals surface area contributed by atoms with Crippen LogP contribution in [0.2, 0.25) is 0 Å². The number of likely N-dealkylation sites (tertiary alicyclic amines) is 1. The van der Waals surface area contributed by atoms with Crippen molar-refractivity contribution in [3.63, 3.8) is 0 Å². The van der Waals surface area contributed by atoms with Crippen molar-refractivity contribution in [3.8, 4) is 0 Å². The number of carbonyl (C=O) groups is 2. The molecule has 1 saturated heterocycles. The van der Waals surface area contributed by atoms with E-state index in [1.54, 1.807) is 13.0 Å². The molecule has 0 unspecified atom stereocenters. The number of amides is 1. The van der Waals surface area contributed by atoms with Gasteiger partial charge < -0.3 is 10.1 Å². The van der Waals surface area contributed by atoms with Crippen LogP contribution in [0.3, 0.4) is 0 Å². The largest absolute Gasteiger partial charge is 0.463 e. The summed E-state index contributed by atoms with van der Waals surface area (Å²) in [6, 6.07) is 15.1. The minimum absolute atomic E-state index is 0.127. The lowest BCUT2D eigenvalue weighted by atomic mass is 10.1. The lowest BCUT2D eigenvalue weighted by molar-refractivity contribution is -0.137. The van der Waals surface area contributed by atoms with Crippen molar-refractivity contribution in [1.82, 2.24) is 4.90 Å². The van der Waals surface area contributed by atoms with E-state index in [0.29, 0.717) is 17.9 Å². The molecule has 28 heavy (non-hydrogen) atoms. The molecule has 3 rings (SSSR count). The fourth-order valence-corrected chi connectivity index (χ4v) is 3.25. The Kier molecular flexibility index (Phi) is 6.98. The van der Waals surface area contributed by atoms with Crippen LogP contribution in [0, 0.1) is 0 Å². The van der Waals surface area contributed by atoms with Crippen molar-refractivity contribution in [1.29, 1.82) is 0 Å². The van der Waals surface area contributed by atoms with Crippen LogP contribution in [0.15, 0.2) is 54.6 Å². The van der Waals surface area contributed by atoms with Crippen LogP contribution in [0.1, 0.15) is 41.3 Å². The molecule has 0 spiro atoms. The van der Waals surface area contributed by atoms with Crippen molar-refractivity contribution in [2.45, 2.75) is 26.3 Å². The van der Waals surface area contributed by atoms with E-state index >= 15 is 0 Å². The van der Waals surface area contributed by atoms with Gasteiger partial charge in [-0.1, -0.05) is 24.3 Å². The zero-order chi connectivity index (χ0) is 19.8. The van der Waals surface area contributed by atoms with Crippen LogP contribution in [0.25, 0.3) is 6.08 Å². The van der Waals surface area contributed by atoms with E-state index in [1.165, 1.54) is 18.9 Å². The highest BCUT2D eigenvalue weighted by Gasteiger charge is 2.13. The molecule has 1 amide bonds. The number of nitrogens with zero attached hydrogens (tertiary/aromatic N) is 1. The first-order valence-electron chi connectivity index (χ1n) is 9.71. The molecule has 0 saturated carbocycles. The maximum absolute atomic E-state index is 12.6. The second kappa shape index (κ2) is 9.85. The van der Waals surface area contributed by atoms with Crippen LogP contribution in [0.5, 0.6) is 0 Å². The van der Waals surface area contributed by atoms with Crippen molar-refractivity contribution in [2.24, 2.45) is 0 Å². The van der Waals surface area contributed by atoms with Gasteiger partial charge in [-0.25, -0.2) is 4.79 Å². The summed E-state index contributed by atoms with van der Waals surface area (Å²) in [5.74, 6) is -0.494. The standard InChI is InChI=1S/C23H26N2O3/c1-2-28-22(26)13-10-18-8-11-21(12-9-18)24-23(27)20-7-5-6-19(16-20)17-25-14-3-4-15-25/h5-13,16H,2-4,14-15,17H2,1H3,(H,24,27)/b13-10+. The lowest BCUT2D eigenvalue weighted by Crippen LogP contribution is -2.19. The molecular formula is C23H26N2O3. The molecule has 0 atom stereocenters. The number of nitrogens with one attached hydrogen (secondary N) is 1. The minimum atomic E-state index is -0.367. The summed E-state index contributed by atoms with van der Waals surface area (Å²) < 4.78 is 4.85. The number of carbonyl (C=O) groups excluding carboxylic acids is 2. The van der Waals surface area contributed by atoms with Gasteiger partial charge in [0.05, 0.1) is 6.61 Å². The molecule has 1 aliphatic rings. The summed E-state index contributed by atoms with van der Waals surface area (Å²) in [7, 11) is 0. The van der Waals surface area contributed by atoms with Crippen LogP contribution in [-0.4, -0.2) is 36.5 Å². The van der Waals surface area contributed by atoms with Crippen molar-refractivity contribution in [2.75, 3.05) is 25.0 Å². The van der Waals surface area contributed by atoms with E-state index in [1.807, 2.05) is 42.5 Å². The molecule has 1 aliphatic heterocycles. The van der Waals surface area contributed by atoms with Gasteiger partial charge in [0.2, 0.25) is 0 Å². The first-order valence-corrected chi connectivity index (χ1v) is 9.71. The third kappa shape index (κ3) is 5.79. The molecule has 5 nitrogen and oxygen atoms in total. The molecular weight excluding hydrogens is 352 g/mol. The number of anilines is 1. The molecule has 0 radical (unpaired) electrons. The summed E-state index contributed by atoms with van der Waals surface area (Å²) in [6.07, 6.45) is 5.59. The van der Waals surface area contributed by atoms with Gasteiger partial charge in [0.15, 0.2) is 0 Å². The molecule has 2 aromatic rings. The Morgan fingerprint density at radius 1 is 1.11 bits per heavy atom. The third-order valence-electron chi connectivity index (χ3n) is 4.66. The molecule has 1 N–H and O–H groups in total. The Morgan fingerprint density at radius 2 is 1.86 bits per heavy atom. The van der Waals surface area contributed by atoms with Crippen LogP contribution < -0.4 is 5.32 Å². The fraction of sp³-hybridized carbons (Fsp3) is 0.304. The third-order valence-corrected chi connectivity index (χ3v) is 4.66. The molecule has 0 aliphatic carbocycles. The van der Waals surface area contributed by atoms with Gasteiger partial charge >= 0.3 is 5.97 Å². The Bertz CT molecular complexity index is 837. The summed E-state index contributed by atoms with van der Waals surface area (Å²) in [4.78, 5) is 26.3. The monoisotopic (exact) mass is 378 g/mol. The Hall–Kier alpha value is -2.92.